The molecule has 5 aromatic rings. The first-order valence-corrected chi connectivity index (χ1v) is 16.4. The Bertz CT molecular complexity index is 1890. The first kappa shape index (κ1) is 35.7. The molecular formula is C41H39N3O7. The minimum Gasteiger partial charge on any atom is -0.504 e. The summed E-state index contributed by atoms with van der Waals surface area (Å²) < 4.78 is 0. The minimum absolute atomic E-state index is 0.0123. The maximum atomic E-state index is 13.6. The van der Waals surface area contributed by atoms with Crippen molar-refractivity contribution in [3.63, 3.8) is 0 Å². The monoisotopic (exact) mass is 685 g/mol. The standard InChI is InChI=1S/C41H39N3O7/c45-34-20-16-28(24-36(34)47)18-22-39(50)44-33(40(51)42-26-29-17-21-35(46)37(48)25-29)19-23-38(49)43-27-41(30-10-4-1-5-11-30,31-12-6-2-7-13-31)32-14-8-3-9-15-32/h1-18,20-22,24-25,33,45-48H,19,23,26-27H2,(H,42,51)(H,43,49)(H,44,50)/b22-18+/t33-/m0/s1. The highest BCUT2D eigenvalue weighted by Gasteiger charge is 2.36. The van der Waals surface area contributed by atoms with Gasteiger partial charge in [0, 0.05) is 25.6 Å². The number of aromatic hydroxyl groups is 4. The van der Waals surface area contributed by atoms with E-state index in [0.717, 1.165) is 16.7 Å². The lowest BCUT2D eigenvalue weighted by molar-refractivity contribution is -0.128. The van der Waals surface area contributed by atoms with Crippen LogP contribution in [0.4, 0.5) is 0 Å². The van der Waals surface area contributed by atoms with Crippen molar-refractivity contribution in [2.24, 2.45) is 0 Å². The molecule has 0 fully saturated rings. The largest absolute Gasteiger partial charge is 0.504 e. The van der Waals surface area contributed by atoms with Crippen LogP contribution in [0.5, 0.6) is 23.0 Å². The molecule has 5 aromatic carbocycles. The summed E-state index contributed by atoms with van der Waals surface area (Å²) in [6.07, 6.45) is 2.46. The van der Waals surface area contributed by atoms with Gasteiger partial charge in [0.1, 0.15) is 6.04 Å². The van der Waals surface area contributed by atoms with Gasteiger partial charge in [0.25, 0.3) is 0 Å². The number of amides is 3. The van der Waals surface area contributed by atoms with Crippen molar-refractivity contribution in [2.45, 2.75) is 30.8 Å². The van der Waals surface area contributed by atoms with Crippen molar-refractivity contribution in [1.82, 2.24) is 16.0 Å². The van der Waals surface area contributed by atoms with Crippen LogP contribution in [-0.2, 0) is 26.3 Å². The van der Waals surface area contributed by atoms with E-state index in [2.05, 4.69) is 16.0 Å². The molecule has 0 saturated heterocycles. The molecular weight excluding hydrogens is 646 g/mol. The van der Waals surface area contributed by atoms with Gasteiger partial charge in [-0.3, -0.25) is 14.4 Å². The molecule has 51 heavy (non-hydrogen) atoms. The Hall–Kier alpha value is -6.55. The van der Waals surface area contributed by atoms with E-state index in [1.54, 1.807) is 0 Å². The molecule has 1 atom stereocenters. The van der Waals surface area contributed by atoms with Gasteiger partial charge in [-0.1, -0.05) is 103 Å². The van der Waals surface area contributed by atoms with Gasteiger partial charge in [-0.15, -0.1) is 0 Å². The zero-order chi connectivity index (χ0) is 36.2. The highest BCUT2D eigenvalue weighted by Crippen LogP contribution is 2.38. The smallest absolute Gasteiger partial charge is 0.244 e. The Labute approximate surface area is 295 Å². The number of benzene rings is 5. The van der Waals surface area contributed by atoms with Crippen LogP contribution in [0.15, 0.2) is 133 Å². The van der Waals surface area contributed by atoms with Crippen LogP contribution in [0.3, 0.4) is 0 Å². The lowest BCUT2D eigenvalue weighted by Crippen LogP contribution is -2.47. The van der Waals surface area contributed by atoms with E-state index in [-0.39, 0.29) is 54.8 Å². The average molecular weight is 686 g/mol. The molecule has 0 aliphatic carbocycles. The number of carbonyl (C=O) groups is 3. The molecule has 0 saturated carbocycles. The van der Waals surface area contributed by atoms with Crippen LogP contribution < -0.4 is 16.0 Å². The van der Waals surface area contributed by atoms with Crippen LogP contribution in [-0.4, -0.2) is 50.7 Å². The molecule has 0 bridgehead atoms. The molecule has 10 nitrogen and oxygen atoms in total. The number of rotatable bonds is 14. The molecule has 0 radical (unpaired) electrons. The lowest BCUT2D eigenvalue weighted by atomic mass is 9.69. The fourth-order valence-electron chi connectivity index (χ4n) is 5.87. The highest BCUT2D eigenvalue weighted by molar-refractivity contribution is 5.95. The predicted molar refractivity (Wildman–Crippen MR) is 194 cm³/mol. The van der Waals surface area contributed by atoms with Crippen LogP contribution >= 0.6 is 0 Å². The van der Waals surface area contributed by atoms with Gasteiger partial charge in [-0.05, 0) is 64.6 Å². The predicted octanol–water partition coefficient (Wildman–Crippen LogP) is 5.25. The van der Waals surface area contributed by atoms with Crippen molar-refractivity contribution >= 4 is 23.8 Å². The fraction of sp³-hybridized carbons (Fsp3) is 0.146. The van der Waals surface area contributed by atoms with Gasteiger partial charge in [0.05, 0.1) is 5.41 Å². The molecule has 260 valence electrons. The molecule has 0 unspecified atom stereocenters. The number of phenolic OH excluding ortho intramolecular Hbond substituents is 4. The molecule has 5 rings (SSSR count). The molecule has 10 heteroatoms. The summed E-state index contributed by atoms with van der Waals surface area (Å²) in [5.74, 6) is -2.81. The second-order valence-corrected chi connectivity index (χ2v) is 12.0. The number of carbonyl (C=O) groups excluding carboxylic acids is 3. The van der Waals surface area contributed by atoms with Gasteiger partial charge in [-0.25, -0.2) is 0 Å². The number of hydrogen-bond acceptors (Lipinski definition) is 7. The summed E-state index contributed by atoms with van der Waals surface area (Å²) in [4.78, 5) is 39.9. The summed E-state index contributed by atoms with van der Waals surface area (Å²) in [5.41, 5.74) is 3.18. The number of nitrogens with one attached hydrogen (secondary N) is 3. The van der Waals surface area contributed by atoms with Crippen LogP contribution in [0.1, 0.15) is 40.7 Å². The molecule has 7 N–H and O–H groups in total. The summed E-state index contributed by atoms with van der Waals surface area (Å²) in [5, 5.41) is 47.3. The Balaban J connectivity index is 1.33. The van der Waals surface area contributed by atoms with E-state index in [1.807, 2.05) is 91.0 Å². The third-order valence-electron chi connectivity index (χ3n) is 8.58. The first-order valence-electron chi connectivity index (χ1n) is 16.4. The number of phenols is 4. The third kappa shape index (κ3) is 9.12. The molecule has 3 amide bonds. The van der Waals surface area contributed by atoms with Crippen LogP contribution in [0.25, 0.3) is 6.08 Å². The normalized spacial score (nSPS) is 11.8. The van der Waals surface area contributed by atoms with E-state index < -0.39 is 23.3 Å². The summed E-state index contributed by atoms with van der Waals surface area (Å²) in [6, 6.07) is 36.9. The van der Waals surface area contributed by atoms with Crippen LogP contribution in [0.2, 0.25) is 0 Å². The SMILES string of the molecule is O=C(/C=C/c1ccc(O)c(O)c1)N[C@@H](CCC(=O)NCC(c1ccccc1)(c1ccccc1)c1ccccc1)C(=O)NCc1ccc(O)c(O)c1. The van der Waals surface area contributed by atoms with E-state index in [1.165, 1.54) is 48.6 Å². The van der Waals surface area contributed by atoms with E-state index in [9.17, 15) is 34.8 Å². The maximum Gasteiger partial charge on any atom is 0.244 e. The Morgan fingerprint density at radius 1 is 0.627 bits per heavy atom. The van der Waals surface area contributed by atoms with Gasteiger partial charge >= 0.3 is 0 Å². The van der Waals surface area contributed by atoms with E-state index >= 15 is 0 Å². The zero-order valence-corrected chi connectivity index (χ0v) is 27.7. The third-order valence-corrected chi connectivity index (χ3v) is 8.58. The lowest BCUT2D eigenvalue weighted by Gasteiger charge is -2.36. The van der Waals surface area contributed by atoms with Gasteiger partial charge in [-0.2, -0.15) is 0 Å². The quantitative estimate of drug-likeness (QED) is 0.0476. The first-order chi connectivity index (χ1) is 24.7. The van der Waals surface area contributed by atoms with Crippen molar-refractivity contribution in [2.75, 3.05) is 6.54 Å². The Morgan fingerprint density at radius 2 is 1.16 bits per heavy atom. The van der Waals surface area contributed by atoms with Gasteiger partial charge in [0.15, 0.2) is 23.0 Å². The van der Waals surface area contributed by atoms with Gasteiger partial charge in [0.2, 0.25) is 17.7 Å². The van der Waals surface area contributed by atoms with E-state index in [4.69, 9.17) is 0 Å². The van der Waals surface area contributed by atoms with Crippen molar-refractivity contribution in [3.8, 4) is 23.0 Å². The molecule has 0 aliphatic heterocycles. The van der Waals surface area contributed by atoms with Gasteiger partial charge < -0.3 is 36.4 Å². The van der Waals surface area contributed by atoms with E-state index in [0.29, 0.717) is 11.1 Å². The summed E-state index contributed by atoms with van der Waals surface area (Å²) in [7, 11) is 0. The molecule has 0 heterocycles. The van der Waals surface area contributed by atoms with Crippen molar-refractivity contribution in [3.05, 3.63) is 161 Å². The Kier molecular flexibility index (Phi) is 11.7. The molecule has 0 aliphatic rings. The topological polar surface area (TPSA) is 168 Å². The maximum absolute atomic E-state index is 13.6. The van der Waals surface area contributed by atoms with Crippen molar-refractivity contribution < 1.29 is 34.8 Å². The summed E-state index contributed by atoms with van der Waals surface area (Å²) >= 11 is 0. The Morgan fingerprint density at radius 3 is 1.69 bits per heavy atom. The zero-order valence-electron chi connectivity index (χ0n) is 27.7. The molecule has 0 aromatic heterocycles. The second kappa shape index (κ2) is 16.7. The molecule has 0 spiro atoms. The number of hydrogen-bond donors (Lipinski definition) is 7. The minimum atomic E-state index is -1.12. The summed E-state index contributed by atoms with van der Waals surface area (Å²) in [6.45, 7) is 0.210. The van der Waals surface area contributed by atoms with Crippen molar-refractivity contribution in [1.29, 1.82) is 0 Å². The highest BCUT2D eigenvalue weighted by atomic mass is 16.3. The fourth-order valence-corrected chi connectivity index (χ4v) is 5.87. The average Bonchev–Trinajstić information content (AvgIpc) is 3.15. The second-order valence-electron chi connectivity index (χ2n) is 12.0. The van der Waals surface area contributed by atoms with Crippen LogP contribution in [0, 0.1) is 0 Å².